The normalized spacial score (nSPS) is 12.9. The molecular formula is C59H39NO. The van der Waals surface area contributed by atoms with Gasteiger partial charge in [0.25, 0.3) is 0 Å². The quantitative estimate of drug-likeness (QED) is 0.160. The van der Waals surface area contributed by atoms with E-state index in [1.54, 1.807) is 0 Å². The number of anilines is 3. The van der Waals surface area contributed by atoms with Gasteiger partial charge >= 0.3 is 0 Å². The van der Waals surface area contributed by atoms with Crippen LogP contribution in [0.5, 0.6) is 11.5 Å². The van der Waals surface area contributed by atoms with E-state index in [9.17, 15) is 0 Å². The molecule has 10 aromatic rings. The lowest BCUT2D eigenvalue weighted by atomic mass is 9.67. The Morgan fingerprint density at radius 3 is 1.54 bits per heavy atom. The number of hydrogen-bond acceptors (Lipinski definition) is 2. The standard InChI is InChI=1S/C59H39NO/c1-4-15-40(16-5-1)41-27-31-45(32-28-41)60(46-33-29-42(30-34-46)48-37-38-57-58-52(48)23-14-24-53(58)51-22-11-13-26-56(51)61-57)47-35-36-50-49-21-10-12-25-54(49)59(55(50)39-47,43-17-6-2-7-18-43)44-19-8-3-9-20-44/h1-39H. The summed E-state index contributed by atoms with van der Waals surface area (Å²) in [5.41, 5.74) is 17.4. The van der Waals surface area contributed by atoms with E-state index >= 15 is 0 Å². The van der Waals surface area contributed by atoms with Crippen molar-refractivity contribution in [2.75, 3.05) is 4.90 Å². The molecular weight excluding hydrogens is 739 g/mol. The number of para-hydroxylation sites is 1. The molecule has 0 radical (unpaired) electrons. The molecule has 0 unspecified atom stereocenters. The fourth-order valence-corrected chi connectivity index (χ4v) is 10.1. The first-order valence-corrected chi connectivity index (χ1v) is 21.0. The molecule has 10 aromatic carbocycles. The van der Waals surface area contributed by atoms with E-state index in [0.717, 1.165) is 45.1 Å². The minimum Gasteiger partial charge on any atom is -0.456 e. The van der Waals surface area contributed by atoms with Crippen molar-refractivity contribution in [3.05, 3.63) is 259 Å². The molecule has 12 rings (SSSR count). The highest BCUT2D eigenvalue weighted by Gasteiger charge is 2.46. The van der Waals surface area contributed by atoms with Crippen LogP contribution in [0.4, 0.5) is 17.1 Å². The Morgan fingerprint density at radius 1 is 0.311 bits per heavy atom. The maximum absolute atomic E-state index is 6.44. The molecule has 286 valence electrons. The van der Waals surface area contributed by atoms with Gasteiger partial charge in [-0.3, -0.25) is 0 Å². The van der Waals surface area contributed by atoms with Crippen LogP contribution in [0.3, 0.4) is 0 Å². The van der Waals surface area contributed by atoms with Gasteiger partial charge in [0.1, 0.15) is 11.5 Å². The van der Waals surface area contributed by atoms with Gasteiger partial charge in [-0.05, 0) is 115 Å². The molecule has 1 aliphatic heterocycles. The highest BCUT2D eigenvalue weighted by Crippen LogP contribution is 2.57. The van der Waals surface area contributed by atoms with Crippen LogP contribution in [0.1, 0.15) is 22.3 Å². The van der Waals surface area contributed by atoms with E-state index in [2.05, 4.69) is 229 Å². The minimum absolute atomic E-state index is 0.504. The Hall–Kier alpha value is -7.94. The van der Waals surface area contributed by atoms with Crippen LogP contribution in [0.15, 0.2) is 237 Å². The monoisotopic (exact) mass is 777 g/mol. The van der Waals surface area contributed by atoms with E-state index in [0.29, 0.717) is 0 Å². The topological polar surface area (TPSA) is 12.5 Å². The van der Waals surface area contributed by atoms with E-state index in [1.165, 1.54) is 61.0 Å². The van der Waals surface area contributed by atoms with Crippen molar-refractivity contribution in [3.8, 4) is 56.0 Å². The zero-order valence-corrected chi connectivity index (χ0v) is 33.4. The number of hydrogen-bond donors (Lipinski definition) is 0. The molecule has 0 saturated carbocycles. The van der Waals surface area contributed by atoms with E-state index in [4.69, 9.17) is 4.74 Å². The molecule has 0 fully saturated rings. The fraction of sp³-hybridized carbons (Fsp3) is 0.0169. The summed E-state index contributed by atoms with van der Waals surface area (Å²) in [5, 5.41) is 2.34. The van der Waals surface area contributed by atoms with Crippen molar-refractivity contribution in [2.24, 2.45) is 0 Å². The predicted molar refractivity (Wildman–Crippen MR) is 252 cm³/mol. The molecule has 2 heteroatoms. The number of benzene rings is 10. The average Bonchev–Trinajstić information content (AvgIpc) is 3.63. The Labute approximate surface area is 356 Å². The van der Waals surface area contributed by atoms with Crippen molar-refractivity contribution in [2.45, 2.75) is 5.41 Å². The van der Waals surface area contributed by atoms with Gasteiger partial charge in [-0.2, -0.15) is 0 Å². The van der Waals surface area contributed by atoms with Crippen LogP contribution >= 0.6 is 0 Å². The van der Waals surface area contributed by atoms with Crippen molar-refractivity contribution in [1.29, 1.82) is 0 Å². The summed E-state index contributed by atoms with van der Waals surface area (Å²) in [6, 6.07) is 86.0. The summed E-state index contributed by atoms with van der Waals surface area (Å²) in [6.45, 7) is 0. The van der Waals surface area contributed by atoms with Gasteiger partial charge in [0.2, 0.25) is 0 Å². The average molecular weight is 778 g/mol. The minimum atomic E-state index is -0.504. The second-order valence-electron chi connectivity index (χ2n) is 16.0. The largest absolute Gasteiger partial charge is 0.456 e. The van der Waals surface area contributed by atoms with Gasteiger partial charge in [0.05, 0.1) is 5.41 Å². The van der Waals surface area contributed by atoms with Crippen LogP contribution in [-0.2, 0) is 5.41 Å². The van der Waals surface area contributed by atoms with Gasteiger partial charge in [-0.15, -0.1) is 0 Å². The molecule has 61 heavy (non-hydrogen) atoms. The molecule has 1 heterocycles. The van der Waals surface area contributed by atoms with Gasteiger partial charge in [0.15, 0.2) is 0 Å². The lowest BCUT2D eigenvalue weighted by Crippen LogP contribution is -2.28. The predicted octanol–water partition coefficient (Wildman–Crippen LogP) is 15.8. The first-order valence-electron chi connectivity index (χ1n) is 21.0. The van der Waals surface area contributed by atoms with Crippen molar-refractivity contribution in [3.63, 3.8) is 0 Å². The maximum atomic E-state index is 6.44. The summed E-state index contributed by atoms with van der Waals surface area (Å²) < 4.78 is 6.44. The summed E-state index contributed by atoms with van der Waals surface area (Å²) in [4.78, 5) is 2.41. The van der Waals surface area contributed by atoms with Gasteiger partial charge < -0.3 is 9.64 Å². The van der Waals surface area contributed by atoms with Crippen molar-refractivity contribution >= 4 is 27.8 Å². The summed E-state index contributed by atoms with van der Waals surface area (Å²) >= 11 is 0. The summed E-state index contributed by atoms with van der Waals surface area (Å²) in [7, 11) is 0. The van der Waals surface area contributed by atoms with Gasteiger partial charge in [-0.1, -0.05) is 188 Å². The zero-order valence-electron chi connectivity index (χ0n) is 33.4. The zero-order chi connectivity index (χ0) is 40.3. The Bertz CT molecular complexity index is 3210. The number of rotatable bonds is 7. The Balaban J connectivity index is 1.03. The van der Waals surface area contributed by atoms with Crippen LogP contribution < -0.4 is 9.64 Å². The molecule has 0 amide bonds. The number of ether oxygens (including phenoxy) is 1. The van der Waals surface area contributed by atoms with Gasteiger partial charge in [-0.25, -0.2) is 0 Å². The summed E-state index contributed by atoms with van der Waals surface area (Å²) in [5.74, 6) is 1.80. The second kappa shape index (κ2) is 14.1. The summed E-state index contributed by atoms with van der Waals surface area (Å²) in [6.07, 6.45) is 0. The fourth-order valence-electron chi connectivity index (χ4n) is 10.1. The second-order valence-corrected chi connectivity index (χ2v) is 16.0. The Morgan fingerprint density at radius 2 is 0.836 bits per heavy atom. The van der Waals surface area contributed by atoms with E-state index in [-0.39, 0.29) is 0 Å². The smallest absolute Gasteiger partial charge is 0.135 e. The van der Waals surface area contributed by atoms with Crippen molar-refractivity contribution in [1.82, 2.24) is 0 Å². The SMILES string of the molecule is c1ccc(-c2ccc(N(c3ccc(-c4ccc5c6c(cccc46)-c4ccccc4O5)cc3)c3ccc4c(c3)C(c3ccccc3)(c3ccccc3)c3ccccc3-4)cc2)cc1. The molecule has 0 aromatic heterocycles. The molecule has 0 N–H and O–H groups in total. The molecule has 2 aliphatic rings. The lowest BCUT2D eigenvalue weighted by Gasteiger charge is -2.35. The molecule has 2 nitrogen and oxygen atoms in total. The lowest BCUT2D eigenvalue weighted by molar-refractivity contribution is 0.487. The highest BCUT2D eigenvalue weighted by molar-refractivity contribution is 6.10. The van der Waals surface area contributed by atoms with Crippen LogP contribution in [0.2, 0.25) is 0 Å². The first-order chi connectivity index (χ1) is 30.3. The maximum Gasteiger partial charge on any atom is 0.135 e. The number of fused-ring (bicyclic) bond motifs is 5. The van der Waals surface area contributed by atoms with Gasteiger partial charge in [0, 0.05) is 28.0 Å². The van der Waals surface area contributed by atoms with Crippen LogP contribution in [-0.4, -0.2) is 0 Å². The van der Waals surface area contributed by atoms with Crippen LogP contribution in [0.25, 0.3) is 55.3 Å². The third kappa shape index (κ3) is 5.50. The molecule has 0 atom stereocenters. The molecule has 0 spiro atoms. The first kappa shape index (κ1) is 35.0. The molecule has 0 bridgehead atoms. The van der Waals surface area contributed by atoms with E-state index in [1.807, 2.05) is 12.1 Å². The molecule has 0 saturated heterocycles. The third-order valence-corrected chi connectivity index (χ3v) is 12.8. The molecule has 1 aliphatic carbocycles. The van der Waals surface area contributed by atoms with E-state index < -0.39 is 5.41 Å². The van der Waals surface area contributed by atoms with Crippen molar-refractivity contribution < 1.29 is 4.74 Å². The Kier molecular flexibility index (Phi) is 8.11. The number of nitrogens with zero attached hydrogens (tertiary/aromatic N) is 1. The third-order valence-electron chi connectivity index (χ3n) is 12.8. The van der Waals surface area contributed by atoms with Crippen LogP contribution in [0, 0.1) is 0 Å². The highest BCUT2D eigenvalue weighted by atomic mass is 16.5.